The van der Waals surface area contributed by atoms with Gasteiger partial charge in [-0.2, -0.15) is 0 Å². The highest BCUT2D eigenvalue weighted by atomic mass is 16.5. The Bertz CT molecular complexity index is 120. The fourth-order valence-electron chi connectivity index (χ4n) is 1.45. The Morgan fingerprint density at radius 2 is 2.15 bits per heavy atom. The molecule has 0 spiro atoms. The summed E-state index contributed by atoms with van der Waals surface area (Å²) in [5.41, 5.74) is 0. The van der Waals surface area contributed by atoms with E-state index in [-0.39, 0.29) is 0 Å². The third kappa shape index (κ3) is 4.07. The van der Waals surface area contributed by atoms with Gasteiger partial charge in [0, 0.05) is 7.11 Å². The number of nitrogens with one attached hydrogen (secondary N) is 1. The molecule has 0 aromatic heterocycles. The molecule has 78 valence electrons. The molecule has 0 radical (unpaired) electrons. The van der Waals surface area contributed by atoms with Gasteiger partial charge in [0.2, 0.25) is 0 Å². The van der Waals surface area contributed by atoms with E-state index in [1.165, 1.54) is 19.3 Å². The van der Waals surface area contributed by atoms with Crippen LogP contribution in [0.2, 0.25) is 0 Å². The van der Waals surface area contributed by atoms with Crippen LogP contribution in [0.25, 0.3) is 0 Å². The molecule has 0 bridgehead atoms. The Hall–Kier alpha value is -0.120. The summed E-state index contributed by atoms with van der Waals surface area (Å²) in [5.74, 6) is 0. The molecule has 0 aromatic carbocycles. The molecule has 1 rings (SSSR count). The summed E-state index contributed by atoms with van der Waals surface area (Å²) in [4.78, 5) is 0. The van der Waals surface area contributed by atoms with Crippen LogP contribution < -0.4 is 5.32 Å². The van der Waals surface area contributed by atoms with Crippen molar-refractivity contribution in [2.24, 2.45) is 0 Å². The first-order valence-corrected chi connectivity index (χ1v) is 5.20. The number of ether oxygens (including phenoxy) is 2. The van der Waals surface area contributed by atoms with Crippen molar-refractivity contribution in [2.45, 2.75) is 38.3 Å². The van der Waals surface area contributed by atoms with Crippen LogP contribution in [0.1, 0.15) is 26.2 Å². The van der Waals surface area contributed by atoms with E-state index in [0.29, 0.717) is 12.1 Å². The molecule has 13 heavy (non-hydrogen) atoms. The quantitative estimate of drug-likeness (QED) is 0.649. The maximum atomic E-state index is 5.70. The average Bonchev–Trinajstić information content (AvgIpc) is 2.02. The zero-order valence-corrected chi connectivity index (χ0v) is 8.71. The van der Waals surface area contributed by atoms with Gasteiger partial charge in [0.25, 0.3) is 0 Å². The molecular formula is C10H21NO2. The van der Waals surface area contributed by atoms with Crippen molar-refractivity contribution in [3.63, 3.8) is 0 Å². The summed E-state index contributed by atoms with van der Waals surface area (Å²) in [7, 11) is 1.73. The molecule has 1 unspecified atom stereocenters. The maximum absolute atomic E-state index is 5.70. The van der Waals surface area contributed by atoms with Crippen molar-refractivity contribution in [2.75, 3.05) is 26.9 Å². The standard InChI is InChI=1S/C10H21NO2/c1-3-11-9(7-12-2)8-13-10-5-4-6-10/h9-11H,3-8H2,1-2H3. The Morgan fingerprint density at radius 1 is 1.38 bits per heavy atom. The van der Waals surface area contributed by atoms with Gasteiger partial charge < -0.3 is 14.8 Å². The van der Waals surface area contributed by atoms with Gasteiger partial charge in [0.1, 0.15) is 0 Å². The molecule has 1 N–H and O–H groups in total. The molecule has 1 saturated carbocycles. The molecule has 3 nitrogen and oxygen atoms in total. The molecule has 1 aliphatic carbocycles. The lowest BCUT2D eigenvalue weighted by molar-refractivity contribution is -0.0181. The molecule has 0 aliphatic heterocycles. The van der Waals surface area contributed by atoms with Gasteiger partial charge in [-0.3, -0.25) is 0 Å². The first-order valence-electron chi connectivity index (χ1n) is 5.20. The zero-order valence-electron chi connectivity index (χ0n) is 8.71. The number of hydrogen-bond acceptors (Lipinski definition) is 3. The van der Waals surface area contributed by atoms with Crippen molar-refractivity contribution in [3.05, 3.63) is 0 Å². The van der Waals surface area contributed by atoms with Crippen molar-refractivity contribution in [1.29, 1.82) is 0 Å². The van der Waals surface area contributed by atoms with Crippen molar-refractivity contribution in [1.82, 2.24) is 5.32 Å². The normalized spacial score (nSPS) is 19.8. The van der Waals surface area contributed by atoms with Gasteiger partial charge in [-0.1, -0.05) is 6.92 Å². The number of likely N-dealkylation sites (N-methyl/N-ethyl adjacent to an activating group) is 1. The van der Waals surface area contributed by atoms with Gasteiger partial charge >= 0.3 is 0 Å². The van der Waals surface area contributed by atoms with E-state index in [4.69, 9.17) is 9.47 Å². The predicted octanol–water partition coefficient (Wildman–Crippen LogP) is 1.18. The topological polar surface area (TPSA) is 30.5 Å². The Labute approximate surface area is 80.8 Å². The Balaban J connectivity index is 2.05. The monoisotopic (exact) mass is 187 g/mol. The summed E-state index contributed by atoms with van der Waals surface area (Å²) in [5, 5.41) is 3.34. The van der Waals surface area contributed by atoms with E-state index in [1.54, 1.807) is 7.11 Å². The average molecular weight is 187 g/mol. The Kier molecular flexibility index (Phi) is 5.35. The van der Waals surface area contributed by atoms with Crippen molar-refractivity contribution >= 4 is 0 Å². The lowest BCUT2D eigenvalue weighted by Gasteiger charge is -2.28. The van der Waals surface area contributed by atoms with E-state index < -0.39 is 0 Å². The maximum Gasteiger partial charge on any atom is 0.0645 e. The molecule has 0 amide bonds. The van der Waals surface area contributed by atoms with E-state index >= 15 is 0 Å². The minimum Gasteiger partial charge on any atom is -0.383 e. The number of rotatable bonds is 7. The molecular weight excluding hydrogens is 166 g/mol. The summed E-state index contributed by atoms with van der Waals surface area (Å²) < 4.78 is 10.8. The molecule has 1 fully saturated rings. The van der Waals surface area contributed by atoms with Crippen LogP contribution in [0.15, 0.2) is 0 Å². The second-order valence-electron chi connectivity index (χ2n) is 3.60. The summed E-state index contributed by atoms with van der Waals surface area (Å²) in [6.45, 7) is 4.60. The van der Waals surface area contributed by atoms with Crippen LogP contribution in [-0.4, -0.2) is 39.0 Å². The first kappa shape index (κ1) is 11.0. The fraction of sp³-hybridized carbons (Fsp3) is 1.00. The summed E-state index contributed by atoms with van der Waals surface area (Å²) in [6.07, 6.45) is 4.34. The minimum atomic E-state index is 0.357. The molecule has 0 saturated heterocycles. The molecule has 1 aliphatic rings. The Morgan fingerprint density at radius 3 is 2.62 bits per heavy atom. The lowest BCUT2D eigenvalue weighted by Crippen LogP contribution is -2.39. The highest BCUT2D eigenvalue weighted by Crippen LogP contribution is 2.21. The lowest BCUT2D eigenvalue weighted by atomic mass is 9.96. The third-order valence-corrected chi connectivity index (χ3v) is 2.45. The molecule has 0 aromatic rings. The summed E-state index contributed by atoms with van der Waals surface area (Å²) in [6, 6.07) is 0.357. The predicted molar refractivity (Wildman–Crippen MR) is 52.9 cm³/mol. The molecule has 1 atom stereocenters. The van der Waals surface area contributed by atoms with Gasteiger partial charge in [-0.15, -0.1) is 0 Å². The van der Waals surface area contributed by atoms with Crippen LogP contribution in [0, 0.1) is 0 Å². The number of hydrogen-bond donors (Lipinski definition) is 1. The highest BCUT2D eigenvalue weighted by Gasteiger charge is 2.19. The van der Waals surface area contributed by atoms with Crippen molar-refractivity contribution < 1.29 is 9.47 Å². The second kappa shape index (κ2) is 6.35. The van der Waals surface area contributed by atoms with Gasteiger partial charge in [0.05, 0.1) is 25.4 Å². The minimum absolute atomic E-state index is 0.357. The van der Waals surface area contributed by atoms with Crippen molar-refractivity contribution in [3.8, 4) is 0 Å². The van der Waals surface area contributed by atoms with E-state index in [9.17, 15) is 0 Å². The number of methoxy groups -OCH3 is 1. The smallest absolute Gasteiger partial charge is 0.0645 e. The van der Waals surface area contributed by atoms with E-state index in [0.717, 1.165) is 19.8 Å². The largest absolute Gasteiger partial charge is 0.383 e. The van der Waals surface area contributed by atoms with Crippen LogP contribution in [0.5, 0.6) is 0 Å². The molecule has 0 heterocycles. The zero-order chi connectivity index (χ0) is 9.52. The SMILES string of the molecule is CCNC(COC)COC1CCC1. The van der Waals surface area contributed by atoms with Crippen LogP contribution in [0.3, 0.4) is 0 Å². The fourth-order valence-corrected chi connectivity index (χ4v) is 1.45. The van der Waals surface area contributed by atoms with Gasteiger partial charge in [-0.25, -0.2) is 0 Å². The van der Waals surface area contributed by atoms with Crippen LogP contribution in [0.4, 0.5) is 0 Å². The van der Waals surface area contributed by atoms with E-state index in [1.807, 2.05) is 0 Å². The second-order valence-corrected chi connectivity index (χ2v) is 3.60. The van der Waals surface area contributed by atoms with Gasteiger partial charge in [-0.05, 0) is 25.8 Å². The van der Waals surface area contributed by atoms with E-state index in [2.05, 4.69) is 12.2 Å². The first-order chi connectivity index (χ1) is 6.36. The van der Waals surface area contributed by atoms with Crippen LogP contribution in [-0.2, 0) is 9.47 Å². The third-order valence-electron chi connectivity index (χ3n) is 2.45. The summed E-state index contributed by atoms with van der Waals surface area (Å²) >= 11 is 0. The van der Waals surface area contributed by atoms with Crippen LogP contribution >= 0.6 is 0 Å². The highest BCUT2D eigenvalue weighted by molar-refractivity contribution is 4.71. The van der Waals surface area contributed by atoms with Gasteiger partial charge in [0.15, 0.2) is 0 Å². The molecule has 3 heteroatoms.